The predicted octanol–water partition coefficient (Wildman–Crippen LogP) is 1.55. The van der Waals surface area contributed by atoms with Crippen molar-refractivity contribution >= 4 is 11.4 Å². The Bertz CT molecular complexity index is 425. The first-order valence-corrected chi connectivity index (χ1v) is 6.24. The maximum atomic E-state index is 14.0. The average Bonchev–Trinajstić information content (AvgIpc) is 2.76. The van der Waals surface area contributed by atoms with Crippen LogP contribution in [0.3, 0.4) is 0 Å². The fourth-order valence-corrected chi connectivity index (χ4v) is 2.60. The van der Waals surface area contributed by atoms with Gasteiger partial charge in [0.2, 0.25) is 0 Å². The third-order valence-electron chi connectivity index (χ3n) is 3.73. The van der Waals surface area contributed by atoms with E-state index in [1.165, 1.54) is 5.56 Å². The molecule has 0 bridgehead atoms. The number of hydrogen-bond acceptors (Lipinski definition) is 3. The van der Waals surface area contributed by atoms with Crippen LogP contribution >= 0.6 is 0 Å². The molecule has 3 rings (SSSR count). The van der Waals surface area contributed by atoms with Crippen molar-refractivity contribution in [2.75, 3.05) is 50.0 Å². The van der Waals surface area contributed by atoms with Crippen molar-refractivity contribution in [1.29, 1.82) is 0 Å². The van der Waals surface area contributed by atoms with E-state index in [0.29, 0.717) is 0 Å². The molecule has 1 aromatic carbocycles. The highest BCUT2D eigenvalue weighted by molar-refractivity contribution is 5.64. The molecule has 0 aromatic heterocycles. The van der Waals surface area contributed by atoms with Crippen LogP contribution < -0.4 is 10.2 Å². The van der Waals surface area contributed by atoms with Crippen molar-refractivity contribution in [3.05, 3.63) is 23.5 Å². The van der Waals surface area contributed by atoms with Crippen LogP contribution in [0.2, 0.25) is 0 Å². The van der Waals surface area contributed by atoms with Crippen molar-refractivity contribution < 1.29 is 4.39 Å². The normalized spacial score (nSPS) is 20.2. The largest absolute Gasteiger partial charge is 0.384 e. The molecule has 17 heavy (non-hydrogen) atoms. The molecule has 1 fully saturated rings. The summed E-state index contributed by atoms with van der Waals surface area (Å²) in [6, 6.07) is 3.67. The summed E-state index contributed by atoms with van der Waals surface area (Å²) in [5.74, 6) is -0.0947. The molecule has 1 N–H and O–H groups in total. The van der Waals surface area contributed by atoms with Gasteiger partial charge in [-0.15, -0.1) is 0 Å². The number of hydrogen-bond donors (Lipinski definition) is 1. The lowest BCUT2D eigenvalue weighted by Gasteiger charge is -2.34. The number of benzene rings is 1. The van der Waals surface area contributed by atoms with Gasteiger partial charge in [-0.05, 0) is 31.2 Å². The highest BCUT2D eigenvalue weighted by Gasteiger charge is 2.20. The van der Waals surface area contributed by atoms with Crippen molar-refractivity contribution in [1.82, 2.24) is 4.90 Å². The molecular formula is C13H18FN3. The number of nitrogens with one attached hydrogen (secondary N) is 1. The number of rotatable bonds is 1. The number of anilines is 2. The standard InChI is InChI=1S/C13H18FN3/c1-16-4-6-17(7-5-16)13-8-10-2-3-15-12(10)9-11(13)14/h8-9,15H,2-7H2,1H3. The third kappa shape index (κ3) is 1.97. The molecular weight excluding hydrogens is 217 g/mol. The number of halogens is 1. The van der Waals surface area contributed by atoms with E-state index in [9.17, 15) is 4.39 Å². The second kappa shape index (κ2) is 4.18. The minimum absolute atomic E-state index is 0.0947. The molecule has 2 heterocycles. The minimum Gasteiger partial charge on any atom is -0.384 e. The Kier molecular flexibility index (Phi) is 2.67. The van der Waals surface area contributed by atoms with Crippen LogP contribution in [0.15, 0.2) is 12.1 Å². The summed E-state index contributed by atoms with van der Waals surface area (Å²) in [6.07, 6.45) is 1.01. The lowest BCUT2D eigenvalue weighted by atomic mass is 10.1. The Labute approximate surface area is 101 Å². The molecule has 4 heteroatoms. The SMILES string of the molecule is CN1CCN(c2cc3c(cc2F)NCC3)CC1. The Morgan fingerprint density at radius 3 is 2.71 bits per heavy atom. The van der Waals surface area contributed by atoms with Gasteiger partial charge in [0.05, 0.1) is 5.69 Å². The molecule has 0 spiro atoms. The Hall–Kier alpha value is -1.29. The molecule has 92 valence electrons. The third-order valence-corrected chi connectivity index (χ3v) is 3.73. The van der Waals surface area contributed by atoms with E-state index in [2.05, 4.69) is 22.2 Å². The van der Waals surface area contributed by atoms with Gasteiger partial charge in [-0.3, -0.25) is 0 Å². The van der Waals surface area contributed by atoms with Gasteiger partial charge < -0.3 is 15.1 Å². The molecule has 3 nitrogen and oxygen atoms in total. The van der Waals surface area contributed by atoms with Crippen molar-refractivity contribution in [3.63, 3.8) is 0 Å². The first-order chi connectivity index (χ1) is 8.24. The monoisotopic (exact) mass is 235 g/mol. The summed E-state index contributed by atoms with van der Waals surface area (Å²) in [5, 5.41) is 3.21. The molecule has 1 aromatic rings. The molecule has 2 aliphatic rings. The zero-order chi connectivity index (χ0) is 11.8. The molecule has 0 unspecified atom stereocenters. The maximum Gasteiger partial charge on any atom is 0.148 e. The lowest BCUT2D eigenvalue weighted by Crippen LogP contribution is -2.44. The fourth-order valence-electron chi connectivity index (χ4n) is 2.60. The van der Waals surface area contributed by atoms with Gasteiger partial charge >= 0.3 is 0 Å². The Morgan fingerprint density at radius 2 is 1.94 bits per heavy atom. The van der Waals surface area contributed by atoms with Crippen LogP contribution in [0.5, 0.6) is 0 Å². The second-order valence-electron chi connectivity index (χ2n) is 4.93. The summed E-state index contributed by atoms with van der Waals surface area (Å²) in [7, 11) is 2.11. The van der Waals surface area contributed by atoms with E-state index in [1.54, 1.807) is 6.07 Å². The Morgan fingerprint density at radius 1 is 1.18 bits per heavy atom. The molecule has 0 amide bonds. The number of nitrogens with zero attached hydrogens (tertiary/aromatic N) is 2. The highest BCUT2D eigenvalue weighted by atomic mass is 19.1. The van der Waals surface area contributed by atoms with Crippen molar-refractivity contribution in [2.24, 2.45) is 0 Å². The van der Waals surface area contributed by atoms with Crippen molar-refractivity contribution in [2.45, 2.75) is 6.42 Å². The van der Waals surface area contributed by atoms with Gasteiger partial charge in [0, 0.05) is 38.4 Å². The van der Waals surface area contributed by atoms with Gasteiger partial charge in [-0.2, -0.15) is 0 Å². The zero-order valence-corrected chi connectivity index (χ0v) is 10.2. The van der Waals surface area contributed by atoms with Crippen LogP contribution in [0.1, 0.15) is 5.56 Å². The smallest absolute Gasteiger partial charge is 0.148 e. The molecule has 0 atom stereocenters. The van der Waals surface area contributed by atoms with E-state index >= 15 is 0 Å². The van der Waals surface area contributed by atoms with Crippen LogP contribution in [0.4, 0.5) is 15.8 Å². The Balaban J connectivity index is 1.87. The van der Waals surface area contributed by atoms with Gasteiger partial charge in [-0.1, -0.05) is 0 Å². The van der Waals surface area contributed by atoms with Crippen LogP contribution in [-0.2, 0) is 6.42 Å². The predicted molar refractivity (Wildman–Crippen MR) is 68.3 cm³/mol. The van der Waals surface area contributed by atoms with Crippen LogP contribution in [0.25, 0.3) is 0 Å². The summed E-state index contributed by atoms with van der Waals surface area (Å²) in [6.45, 7) is 4.78. The van der Waals surface area contributed by atoms with E-state index in [1.807, 2.05) is 6.07 Å². The maximum absolute atomic E-state index is 14.0. The number of piperazine rings is 1. The van der Waals surface area contributed by atoms with Crippen molar-refractivity contribution in [3.8, 4) is 0 Å². The summed E-state index contributed by atoms with van der Waals surface area (Å²) in [4.78, 5) is 4.44. The van der Waals surface area contributed by atoms with E-state index in [0.717, 1.165) is 50.5 Å². The number of likely N-dealkylation sites (N-methyl/N-ethyl adjacent to an activating group) is 1. The molecule has 2 aliphatic heterocycles. The first kappa shape index (κ1) is 10.8. The molecule has 0 radical (unpaired) electrons. The topological polar surface area (TPSA) is 18.5 Å². The molecule has 0 aliphatic carbocycles. The van der Waals surface area contributed by atoms with Gasteiger partial charge in [0.1, 0.15) is 5.82 Å². The summed E-state index contributed by atoms with van der Waals surface area (Å²) >= 11 is 0. The summed E-state index contributed by atoms with van der Waals surface area (Å²) in [5.41, 5.74) is 3.00. The van der Waals surface area contributed by atoms with Gasteiger partial charge in [0.25, 0.3) is 0 Å². The molecule has 0 saturated carbocycles. The van der Waals surface area contributed by atoms with E-state index < -0.39 is 0 Å². The zero-order valence-electron chi connectivity index (χ0n) is 10.2. The fraction of sp³-hybridized carbons (Fsp3) is 0.538. The first-order valence-electron chi connectivity index (χ1n) is 6.24. The quantitative estimate of drug-likeness (QED) is 0.796. The van der Waals surface area contributed by atoms with Gasteiger partial charge in [0.15, 0.2) is 0 Å². The van der Waals surface area contributed by atoms with E-state index in [4.69, 9.17) is 0 Å². The summed E-state index contributed by atoms with van der Waals surface area (Å²) < 4.78 is 14.0. The lowest BCUT2D eigenvalue weighted by molar-refractivity contribution is 0.311. The number of fused-ring (bicyclic) bond motifs is 1. The van der Waals surface area contributed by atoms with E-state index in [-0.39, 0.29) is 5.82 Å². The van der Waals surface area contributed by atoms with Crippen LogP contribution in [-0.4, -0.2) is 44.7 Å². The van der Waals surface area contributed by atoms with Crippen LogP contribution in [0, 0.1) is 5.82 Å². The highest BCUT2D eigenvalue weighted by Crippen LogP contribution is 2.30. The average molecular weight is 235 g/mol. The molecule has 1 saturated heterocycles. The second-order valence-corrected chi connectivity index (χ2v) is 4.93. The van der Waals surface area contributed by atoms with Gasteiger partial charge in [-0.25, -0.2) is 4.39 Å². The minimum atomic E-state index is -0.0947.